The number of epoxide rings is 1. The van der Waals surface area contributed by atoms with Crippen molar-refractivity contribution in [2.75, 3.05) is 19.8 Å². The van der Waals surface area contributed by atoms with E-state index in [0.717, 1.165) is 12.4 Å². The van der Waals surface area contributed by atoms with Crippen molar-refractivity contribution in [3.8, 4) is 23.8 Å². The number of carbonyl (C=O) groups is 1. The molecule has 23 heavy (non-hydrogen) atoms. The standard InChI is InChI=1S/C19H16O4/c1-2-11-21-16-7-3-14(4-8-16)19(20)15-5-9-17(10-6-15)22-12-18-13-23-18/h1,3-10,18H,11-13H2. The predicted octanol–water partition coefficient (Wildman–Crippen LogP) is 2.71. The van der Waals surface area contributed by atoms with Crippen LogP contribution in [0.1, 0.15) is 15.9 Å². The minimum Gasteiger partial charge on any atom is -0.491 e. The SMILES string of the molecule is C#CCOc1ccc(C(=O)c2ccc(OCC3CO3)cc2)cc1. The molecule has 1 atom stereocenters. The molecule has 0 radical (unpaired) electrons. The Kier molecular flexibility index (Phi) is 4.60. The minimum absolute atomic E-state index is 0.0504. The maximum absolute atomic E-state index is 12.4. The summed E-state index contributed by atoms with van der Waals surface area (Å²) in [6, 6.07) is 14.0. The molecule has 3 rings (SSSR count). The summed E-state index contributed by atoms with van der Waals surface area (Å²) in [5, 5.41) is 0. The lowest BCUT2D eigenvalue weighted by atomic mass is 10.0. The quantitative estimate of drug-likeness (QED) is 0.448. The molecule has 0 bridgehead atoms. The number of ether oxygens (including phenoxy) is 3. The van der Waals surface area contributed by atoms with Crippen LogP contribution in [0.4, 0.5) is 0 Å². The maximum Gasteiger partial charge on any atom is 0.193 e. The van der Waals surface area contributed by atoms with Crippen molar-refractivity contribution in [2.45, 2.75) is 6.10 Å². The van der Waals surface area contributed by atoms with Crippen molar-refractivity contribution in [3.63, 3.8) is 0 Å². The van der Waals surface area contributed by atoms with E-state index in [1.54, 1.807) is 48.5 Å². The van der Waals surface area contributed by atoms with Gasteiger partial charge in [0, 0.05) is 11.1 Å². The molecule has 1 fully saturated rings. The fourth-order valence-electron chi connectivity index (χ4n) is 2.05. The van der Waals surface area contributed by atoms with Gasteiger partial charge in [-0.1, -0.05) is 5.92 Å². The van der Waals surface area contributed by atoms with Crippen molar-refractivity contribution in [2.24, 2.45) is 0 Å². The van der Waals surface area contributed by atoms with Crippen molar-refractivity contribution >= 4 is 5.78 Å². The lowest BCUT2D eigenvalue weighted by Gasteiger charge is -2.06. The summed E-state index contributed by atoms with van der Waals surface area (Å²) in [7, 11) is 0. The largest absolute Gasteiger partial charge is 0.491 e. The normalized spacial score (nSPS) is 15.5. The highest BCUT2D eigenvalue weighted by Gasteiger charge is 2.23. The molecule has 1 unspecified atom stereocenters. The van der Waals surface area contributed by atoms with Gasteiger partial charge in [-0.05, 0) is 48.5 Å². The van der Waals surface area contributed by atoms with E-state index in [-0.39, 0.29) is 18.5 Å². The van der Waals surface area contributed by atoms with Crippen molar-refractivity contribution in [1.82, 2.24) is 0 Å². The van der Waals surface area contributed by atoms with Crippen LogP contribution in [0.15, 0.2) is 48.5 Å². The van der Waals surface area contributed by atoms with Gasteiger partial charge in [0.1, 0.15) is 30.8 Å². The van der Waals surface area contributed by atoms with Crippen LogP contribution in [0.3, 0.4) is 0 Å². The van der Waals surface area contributed by atoms with Gasteiger partial charge in [0.05, 0.1) is 6.61 Å². The first-order valence-electron chi connectivity index (χ1n) is 7.32. The van der Waals surface area contributed by atoms with Gasteiger partial charge in [0.15, 0.2) is 5.78 Å². The Morgan fingerprint density at radius 2 is 1.57 bits per heavy atom. The van der Waals surface area contributed by atoms with E-state index in [1.165, 1.54) is 0 Å². The topological polar surface area (TPSA) is 48.1 Å². The maximum atomic E-state index is 12.4. The van der Waals surface area contributed by atoms with E-state index in [0.29, 0.717) is 23.5 Å². The Morgan fingerprint density at radius 3 is 2.04 bits per heavy atom. The van der Waals surface area contributed by atoms with Crippen LogP contribution in [-0.4, -0.2) is 31.7 Å². The van der Waals surface area contributed by atoms with Gasteiger partial charge in [0.25, 0.3) is 0 Å². The van der Waals surface area contributed by atoms with Crippen LogP contribution in [-0.2, 0) is 4.74 Å². The highest BCUT2D eigenvalue weighted by Crippen LogP contribution is 2.19. The van der Waals surface area contributed by atoms with E-state index in [9.17, 15) is 4.79 Å². The third-order valence-electron chi connectivity index (χ3n) is 3.39. The van der Waals surface area contributed by atoms with E-state index in [1.807, 2.05) is 0 Å². The first-order chi connectivity index (χ1) is 11.3. The molecule has 0 aliphatic carbocycles. The number of ketones is 1. The second-order valence-corrected chi connectivity index (χ2v) is 5.14. The summed E-state index contributed by atoms with van der Waals surface area (Å²) in [6.07, 6.45) is 5.35. The van der Waals surface area contributed by atoms with E-state index in [4.69, 9.17) is 20.6 Å². The second kappa shape index (κ2) is 6.99. The Morgan fingerprint density at radius 1 is 1.04 bits per heavy atom. The van der Waals surface area contributed by atoms with Crippen molar-refractivity contribution in [3.05, 3.63) is 59.7 Å². The number of terminal acetylenes is 1. The molecule has 0 spiro atoms. The van der Waals surface area contributed by atoms with Crippen molar-refractivity contribution in [1.29, 1.82) is 0 Å². The molecule has 4 nitrogen and oxygen atoms in total. The average molecular weight is 308 g/mol. The minimum atomic E-state index is -0.0504. The third kappa shape index (κ3) is 4.12. The second-order valence-electron chi connectivity index (χ2n) is 5.14. The third-order valence-corrected chi connectivity index (χ3v) is 3.39. The Labute approximate surface area is 135 Å². The molecule has 0 aromatic heterocycles. The first-order valence-corrected chi connectivity index (χ1v) is 7.32. The van der Waals surface area contributed by atoms with Gasteiger partial charge < -0.3 is 14.2 Å². The molecule has 0 saturated carbocycles. The van der Waals surface area contributed by atoms with E-state index in [2.05, 4.69) is 5.92 Å². The fourth-order valence-corrected chi connectivity index (χ4v) is 2.05. The highest BCUT2D eigenvalue weighted by atomic mass is 16.6. The summed E-state index contributed by atoms with van der Waals surface area (Å²) < 4.78 is 15.9. The first kappa shape index (κ1) is 15.1. The van der Waals surface area contributed by atoms with Crippen LogP contribution in [0.25, 0.3) is 0 Å². The van der Waals surface area contributed by atoms with Gasteiger partial charge in [-0.2, -0.15) is 0 Å². The molecule has 1 saturated heterocycles. The molecule has 0 amide bonds. The molecule has 0 N–H and O–H groups in total. The van der Waals surface area contributed by atoms with Crippen LogP contribution in [0.5, 0.6) is 11.5 Å². The number of rotatable bonds is 7. The van der Waals surface area contributed by atoms with Gasteiger partial charge >= 0.3 is 0 Å². The molecule has 1 aliphatic heterocycles. The summed E-state index contributed by atoms with van der Waals surface area (Å²) in [4.78, 5) is 12.4. The van der Waals surface area contributed by atoms with Gasteiger partial charge in [-0.3, -0.25) is 4.79 Å². The molecule has 2 aromatic rings. The summed E-state index contributed by atoms with van der Waals surface area (Å²) in [5.74, 6) is 3.72. The molecular weight excluding hydrogens is 292 g/mol. The number of benzene rings is 2. The zero-order valence-corrected chi connectivity index (χ0v) is 12.5. The fraction of sp³-hybridized carbons (Fsp3) is 0.211. The summed E-state index contributed by atoms with van der Waals surface area (Å²) in [5.41, 5.74) is 1.20. The van der Waals surface area contributed by atoms with Gasteiger partial charge in [0.2, 0.25) is 0 Å². The number of hydrogen-bond acceptors (Lipinski definition) is 4. The van der Waals surface area contributed by atoms with Crippen LogP contribution >= 0.6 is 0 Å². The van der Waals surface area contributed by atoms with Crippen LogP contribution in [0, 0.1) is 12.3 Å². The van der Waals surface area contributed by atoms with Crippen molar-refractivity contribution < 1.29 is 19.0 Å². The van der Waals surface area contributed by atoms with Crippen LogP contribution < -0.4 is 9.47 Å². The smallest absolute Gasteiger partial charge is 0.193 e. The van der Waals surface area contributed by atoms with E-state index < -0.39 is 0 Å². The zero-order valence-electron chi connectivity index (χ0n) is 12.5. The number of hydrogen-bond donors (Lipinski definition) is 0. The van der Waals surface area contributed by atoms with Crippen LogP contribution in [0.2, 0.25) is 0 Å². The van der Waals surface area contributed by atoms with E-state index >= 15 is 0 Å². The molecule has 2 aromatic carbocycles. The lowest BCUT2D eigenvalue weighted by molar-refractivity contribution is 0.103. The zero-order chi connectivity index (χ0) is 16.1. The summed E-state index contributed by atoms with van der Waals surface area (Å²) in [6.45, 7) is 1.52. The highest BCUT2D eigenvalue weighted by molar-refractivity contribution is 6.09. The monoisotopic (exact) mass is 308 g/mol. The van der Waals surface area contributed by atoms with Gasteiger partial charge in [-0.15, -0.1) is 6.42 Å². The average Bonchev–Trinajstić information content (AvgIpc) is 3.43. The Hall–Kier alpha value is -2.77. The Bertz CT molecular complexity index is 707. The molecule has 1 aliphatic rings. The van der Waals surface area contributed by atoms with Gasteiger partial charge in [-0.25, -0.2) is 0 Å². The molecular formula is C19H16O4. The predicted molar refractivity (Wildman–Crippen MR) is 85.9 cm³/mol. The lowest BCUT2D eigenvalue weighted by Crippen LogP contribution is -2.05. The molecule has 4 heteroatoms. The molecule has 116 valence electrons. The number of carbonyl (C=O) groups excluding carboxylic acids is 1. The summed E-state index contributed by atoms with van der Waals surface area (Å²) >= 11 is 0. The molecule has 1 heterocycles. The Balaban J connectivity index is 1.63.